The maximum absolute atomic E-state index is 13.0. The van der Waals surface area contributed by atoms with Gasteiger partial charge in [-0.25, -0.2) is 4.98 Å². The Morgan fingerprint density at radius 3 is 2.60 bits per heavy atom. The van der Waals surface area contributed by atoms with E-state index in [1.165, 1.54) is 9.80 Å². The number of hydrogen-bond donors (Lipinski definition) is 1. The minimum Gasteiger partial charge on any atom is -0.479 e. The Hall–Kier alpha value is -3.62. The summed E-state index contributed by atoms with van der Waals surface area (Å²) < 4.78 is 11.3. The molecule has 2 aliphatic heterocycles. The maximum Gasteiger partial charge on any atom is 0.269 e. The number of carbonyl (C=O) groups excluding carboxylic acids is 3. The van der Waals surface area contributed by atoms with Gasteiger partial charge < -0.3 is 20.1 Å². The van der Waals surface area contributed by atoms with Crippen LogP contribution < -0.4 is 25.0 Å². The van der Waals surface area contributed by atoms with Crippen molar-refractivity contribution in [3.8, 4) is 11.5 Å². The summed E-state index contributed by atoms with van der Waals surface area (Å²) in [5.41, 5.74) is 6.63. The number of amides is 2. The largest absolute Gasteiger partial charge is 0.479 e. The molecule has 0 saturated heterocycles. The molecule has 0 radical (unpaired) electrons. The lowest BCUT2D eigenvalue weighted by Gasteiger charge is -2.33. The maximum atomic E-state index is 13.0. The van der Waals surface area contributed by atoms with Crippen LogP contribution in [0.3, 0.4) is 0 Å². The summed E-state index contributed by atoms with van der Waals surface area (Å²) in [7, 11) is 1.63. The van der Waals surface area contributed by atoms with Crippen molar-refractivity contribution in [2.75, 3.05) is 29.1 Å². The number of pyridine rings is 1. The third kappa shape index (κ3) is 3.22. The first-order valence-electron chi connectivity index (χ1n) is 9.66. The van der Waals surface area contributed by atoms with Crippen LogP contribution in [0.15, 0.2) is 30.3 Å². The van der Waals surface area contributed by atoms with Crippen molar-refractivity contribution in [2.45, 2.75) is 32.5 Å². The molecule has 9 heteroatoms. The van der Waals surface area contributed by atoms with Gasteiger partial charge in [-0.1, -0.05) is 6.92 Å². The first-order valence-corrected chi connectivity index (χ1v) is 9.66. The van der Waals surface area contributed by atoms with E-state index in [0.29, 0.717) is 29.2 Å². The lowest BCUT2D eigenvalue weighted by molar-refractivity contribution is -0.126. The fourth-order valence-corrected chi connectivity index (χ4v) is 3.55. The van der Waals surface area contributed by atoms with Gasteiger partial charge in [-0.3, -0.25) is 19.3 Å². The Kier molecular flexibility index (Phi) is 4.81. The molecule has 2 N–H and O–H groups in total. The summed E-state index contributed by atoms with van der Waals surface area (Å²) >= 11 is 0. The molecule has 1 aromatic heterocycles. The van der Waals surface area contributed by atoms with E-state index < -0.39 is 12.2 Å². The van der Waals surface area contributed by atoms with Crippen LogP contribution in [0.25, 0.3) is 0 Å². The van der Waals surface area contributed by atoms with Crippen LogP contribution in [0.2, 0.25) is 0 Å². The van der Waals surface area contributed by atoms with Crippen molar-refractivity contribution < 1.29 is 23.9 Å². The van der Waals surface area contributed by atoms with Crippen LogP contribution in [-0.4, -0.2) is 48.4 Å². The number of hydrogen-bond acceptors (Lipinski definition) is 7. The fraction of sp³-hybridized carbons (Fsp3) is 0.333. The summed E-state index contributed by atoms with van der Waals surface area (Å²) in [6.07, 6.45) is -0.832. The summed E-state index contributed by atoms with van der Waals surface area (Å²) in [5.74, 6) is 0.514. The molecular weight excluding hydrogens is 388 g/mol. The van der Waals surface area contributed by atoms with Crippen molar-refractivity contribution in [3.63, 3.8) is 0 Å². The van der Waals surface area contributed by atoms with E-state index in [9.17, 15) is 14.4 Å². The summed E-state index contributed by atoms with van der Waals surface area (Å²) in [4.78, 5) is 45.1. The molecule has 0 spiro atoms. The number of carbonyl (C=O) groups is 3. The second-order valence-electron chi connectivity index (χ2n) is 7.26. The highest BCUT2D eigenvalue weighted by molar-refractivity contribution is 6.09. The van der Waals surface area contributed by atoms with Gasteiger partial charge in [0.15, 0.2) is 29.6 Å². The number of rotatable bonds is 4. The molecule has 0 saturated carbocycles. The molecular formula is C21H22N4O5. The molecule has 1 aromatic carbocycles. The normalized spacial score (nSPS) is 20.2. The standard InChI is InChI=1S/C21H22N4O5/c1-4-15-21(28)25(19-17(30-15)7-8-18(22)23-19)10-14(26)12-5-6-16-13(9-12)24(3)20(27)11(2)29-16/h5-9,11,15H,4,10H2,1-3H3,(H2,22,23). The molecule has 4 rings (SSSR count). The smallest absolute Gasteiger partial charge is 0.269 e. The SMILES string of the molecule is CCC1Oc2ccc(N)nc2N(CC(=O)c2ccc3c(c2)N(C)C(=O)C(C)O3)C1=O. The Labute approximate surface area is 173 Å². The molecule has 2 aliphatic rings. The van der Waals surface area contributed by atoms with Gasteiger partial charge in [0.25, 0.3) is 11.8 Å². The first kappa shape index (κ1) is 19.7. The molecule has 0 aliphatic carbocycles. The molecule has 156 valence electrons. The molecule has 30 heavy (non-hydrogen) atoms. The highest BCUT2D eigenvalue weighted by atomic mass is 16.5. The number of ketones is 1. The summed E-state index contributed by atoms with van der Waals surface area (Å²) in [6.45, 7) is 3.27. The van der Waals surface area contributed by atoms with Gasteiger partial charge in [0.05, 0.1) is 12.2 Å². The third-order valence-corrected chi connectivity index (χ3v) is 5.22. The zero-order valence-corrected chi connectivity index (χ0v) is 16.9. The lowest BCUT2D eigenvalue weighted by Crippen LogP contribution is -2.48. The van der Waals surface area contributed by atoms with Gasteiger partial charge in [-0.05, 0) is 43.7 Å². The number of Topliss-reactive ketones (excluding diaryl/α,β-unsaturated/α-hetero) is 1. The fourth-order valence-electron chi connectivity index (χ4n) is 3.55. The van der Waals surface area contributed by atoms with Gasteiger partial charge in [-0.2, -0.15) is 0 Å². The van der Waals surface area contributed by atoms with Gasteiger partial charge in [0.1, 0.15) is 11.6 Å². The summed E-state index contributed by atoms with van der Waals surface area (Å²) in [6, 6.07) is 8.09. The average Bonchev–Trinajstić information content (AvgIpc) is 2.73. The van der Waals surface area contributed by atoms with Gasteiger partial charge >= 0.3 is 0 Å². The first-order chi connectivity index (χ1) is 14.3. The molecule has 2 unspecified atom stereocenters. The van der Waals surface area contributed by atoms with E-state index >= 15 is 0 Å². The zero-order valence-electron chi connectivity index (χ0n) is 16.9. The Morgan fingerprint density at radius 1 is 1.13 bits per heavy atom. The number of anilines is 3. The number of likely N-dealkylation sites (N-methyl/N-ethyl adjacent to an activating group) is 1. The Morgan fingerprint density at radius 2 is 1.87 bits per heavy atom. The second-order valence-corrected chi connectivity index (χ2v) is 7.26. The molecule has 9 nitrogen and oxygen atoms in total. The predicted molar refractivity (Wildman–Crippen MR) is 110 cm³/mol. The van der Waals surface area contributed by atoms with E-state index in [0.717, 1.165) is 0 Å². The molecule has 0 bridgehead atoms. The third-order valence-electron chi connectivity index (χ3n) is 5.22. The van der Waals surface area contributed by atoms with Gasteiger partial charge in [-0.15, -0.1) is 0 Å². The Bertz CT molecular complexity index is 1050. The minimum absolute atomic E-state index is 0.199. The van der Waals surface area contributed by atoms with E-state index in [-0.39, 0.29) is 35.8 Å². The second kappa shape index (κ2) is 7.33. The van der Waals surface area contributed by atoms with E-state index in [1.807, 2.05) is 6.92 Å². The molecule has 2 atom stereocenters. The van der Waals surface area contributed by atoms with E-state index in [4.69, 9.17) is 15.2 Å². The van der Waals surface area contributed by atoms with Crippen molar-refractivity contribution in [1.29, 1.82) is 0 Å². The average molecular weight is 410 g/mol. The molecule has 2 amide bonds. The van der Waals surface area contributed by atoms with Crippen LogP contribution in [0.1, 0.15) is 30.6 Å². The molecule has 0 fully saturated rings. The molecule has 2 aromatic rings. The van der Waals surface area contributed by atoms with E-state index in [2.05, 4.69) is 4.98 Å². The van der Waals surface area contributed by atoms with E-state index in [1.54, 1.807) is 44.3 Å². The van der Waals surface area contributed by atoms with Gasteiger partial charge in [0.2, 0.25) is 0 Å². The Balaban J connectivity index is 1.65. The topological polar surface area (TPSA) is 115 Å². The van der Waals surface area contributed by atoms with Crippen LogP contribution in [0.5, 0.6) is 11.5 Å². The minimum atomic E-state index is -0.696. The summed E-state index contributed by atoms with van der Waals surface area (Å²) in [5, 5.41) is 0. The van der Waals surface area contributed by atoms with Gasteiger partial charge in [0, 0.05) is 12.6 Å². The predicted octanol–water partition coefficient (Wildman–Crippen LogP) is 1.79. The lowest BCUT2D eigenvalue weighted by atomic mass is 10.1. The number of fused-ring (bicyclic) bond motifs is 2. The number of benzene rings is 1. The van der Waals surface area contributed by atoms with Crippen LogP contribution in [0, 0.1) is 0 Å². The number of nitrogen functional groups attached to an aromatic ring is 1. The number of nitrogens with zero attached hydrogens (tertiary/aromatic N) is 3. The highest BCUT2D eigenvalue weighted by Gasteiger charge is 2.36. The number of ether oxygens (including phenoxy) is 2. The number of nitrogens with two attached hydrogens (primary N) is 1. The van der Waals surface area contributed by atoms with Crippen molar-refractivity contribution in [1.82, 2.24) is 4.98 Å². The van der Waals surface area contributed by atoms with Crippen molar-refractivity contribution in [3.05, 3.63) is 35.9 Å². The van der Waals surface area contributed by atoms with Crippen LogP contribution in [-0.2, 0) is 9.59 Å². The van der Waals surface area contributed by atoms with Crippen LogP contribution >= 0.6 is 0 Å². The van der Waals surface area contributed by atoms with Crippen molar-refractivity contribution >= 4 is 34.9 Å². The van der Waals surface area contributed by atoms with Crippen LogP contribution in [0.4, 0.5) is 17.3 Å². The monoisotopic (exact) mass is 410 g/mol. The highest BCUT2D eigenvalue weighted by Crippen LogP contribution is 2.36. The van der Waals surface area contributed by atoms with Crippen molar-refractivity contribution in [2.24, 2.45) is 0 Å². The zero-order chi connectivity index (χ0) is 21.6. The quantitative estimate of drug-likeness (QED) is 0.764. The number of aromatic nitrogens is 1. The molecule has 3 heterocycles.